The highest BCUT2D eigenvalue weighted by molar-refractivity contribution is 6.67. The van der Waals surface area contributed by atoms with Gasteiger partial charge in [0, 0.05) is 6.61 Å². The van der Waals surface area contributed by atoms with Crippen molar-refractivity contribution in [3.05, 3.63) is 12.0 Å². The number of anilines is 1. The van der Waals surface area contributed by atoms with E-state index >= 15 is 0 Å². The van der Waals surface area contributed by atoms with Crippen LogP contribution in [-0.4, -0.2) is 21.5 Å². The second-order valence-electron chi connectivity index (χ2n) is 4.09. The van der Waals surface area contributed by atoms with Crippen molar-refractivity contribution in [2.75, 3.05) is 11.9 Å². The molecule has 7 heteroatoms. The van der Waals surface area contributed by atoms with E-state index in [9.17, 15) is 0 Å². The van der Waals surface area contributed by atoms with Crippen LogP contribution in [-0.2, 0) is 4.74 Å². The van der Waals surface area contributed by atoms with Crippen molar-refractivity contribution in [3.63, 3.8) is 0 Å². The fraction of sp³-hybridized carbons (Fsp3) is 0.600. The van der Waals surface area contributed by atoms with E-state index in [-0.39, 0.29) is 11.5 Å². The summed E-state index contributed by atoms with van der Waals surface area (Å²) in [6.45, 7) is 0.781. The van der Waals surface area contributed by atoms with Gasteiger partial charge in [-0.05, 0) is 30.9 Å². The Balaban J connectivity index is 1.93. The van der Waals surface area contributed by atoms with E-state index in [1.165, 1.54) is 0 Å². The van der Waals surface area contributed by atoms with Gasteiger partial charge in [0.25, 0.3) is 0 Å². The predicted molar refractivity (Wildman–Crippen MR) is 66.6 cm³/mol. The van der Waals surface area contributed by atoms with Crippen molar-refractivity contribution in [2.45, 2.75) is 31.0 Å². The predicted octanol–water partition coefficient (Wildman–Crippen LogP) is 2.84. The molecule has 2 unspecified atom stereocenters. The Morgan fingerprint density at radius 3 is 3.12 bits per heavy atom. The highest BCUT2D eigenvalue weighted by Gasteiger charge is 2.27. The normalized spacial score (nSPS) is 28.2. The van der Waals surface area contributed by atoms with Gasteiger partial charge in [-0.1, -0.05) is 11.6 Å². The molecule has 0 spiro atoms. The first kappa shape index (κ1) is 11.3. The van der Waals surface area contributed by atoms with Gasteiger partial charge in [-0.2, -0.15) is 0 Å². The number of amidine groups is 1. The summed E-state index contributed by atoms with van der Waals surface area (Å²) >= 11 is 11.9. The number of fused-ring (bicyclic) bond motifs is 1. The first-order valence-corrected chi connectivity index (χ1v) is 6.40. The zero-order chi connectivity index (χ0) is 11.8. The summed E-state index contributed by atoms with van der Waals surface area (Å²) in [5.41, 5.74) is 0.175. The first-order valence-electron chi connectivity index (χ1n) is 5.58. The van der Waals surface area contributed by atoms with Crippen LogP contribution in [0.1, 0.15) is 36.7 Å². The van der Waals surface area contributed by atoms with Crippen molar-refractivity contribution >= 4 is 34.3 Å². The molecule has 1 aromatic rings. The molecule has 5 nitrogen and oxygen atoms in total. The molecule has 0 amide bonds. The van der Waals surface area contributed by atoms with Gasteiger partial charge in [-0.15, -0.1) is 0 Å². The molecule has 1 saturated heterocycles. The third-order valence-corrected chi connectivity index (χ3v) is 3.46. The minimum absolute atomic E-state index is 0.0129. The fourth-order valence-corrected chi connectivity index (χ4v) is 2.62. The van der Waals surface area contributed by atoms with E-state index in [2.05, 4.69) is 15.3 Å². The zero-order valence-electron chi connectivity index (χ0n) is 9.07. The Hall–Kier alpha value is -0.780. The number of halogens is 2. The summed E-state index contributed by atoms with van der Waals surface area (Å²) in [7, 11) is 0. The van der Waals surface area contributed by atoms with Crippen LogP contribution < -0.4 is 5.32 Å². The Labute approximate surface area is 109 Å². The molecular weight excluding hydrogens is 263 g/mol. The fourth-order valence-electron chi connectivity index (χ4n) is 2.13. The molecule has 1 N–H and O–H groups in total. The molecule has 0 radical (unpaired) electrons. The molecule has 3 heterocycles. The first-order chi connectivity index (χ1) is 8.25. The summed E-state index contributed by atoms with van der Waals surface area (Å²) in [5.74, 6) is 0.789. The van der Waals surface area contributed by atoms with Gasteiger partial charge in [0.05, 0.1) is 6.33 Å². The topological polar surface area (TPSA) is 51.4 Å². The lowest BCUT2D eigenvalue weighted by Gasteiger charge is -2.26. The van der Waals surface area contributed by atoms with Gasteiger partial charge in [0.2, 0.25) is 0 Å². The molecule has 2 aliphatic rings. The number of ether oxygens (including phenoxy) is 1. The van der Waals surface area contributed by atoms with Gasteiger partial charge >= 0.3 is 0 Å². The molecule has 1 fully saturated rings. The maximum absolute atomic E-state index is 6.07. The van der Waals surface area contributed by atoms with E-state index < -0.39 is 5.50 Å². The average Bonchev–Trinajstić information content (AvgIpc) is 2.74. The minimum atomic E-state index is -0.524. The number of aromatic nitrogens is 2. The molecule has 92 valence electrons. The van der Waals surface area contributed by atoms with Crippen LogP contribution in [0.15, 0.2) is 11.3 Å². The molecule has 0 bridgehead atoms. The molecule has 1 aromatic heterocycles. The molecule has 2 atom stereocenters. The van der Waals surface area contributed by atoms with Crippen LogP contribution in [0.5, 0.6) is 0 Å². The number of hydrogen-bond donors (Lipinski definition) is 1. The van der Waals surface area contributed by atoms with Crippen LogP contribution in [0.2, 0.25) is 0 Å². The Kier molecular flexibility index (Phi) is 2.98. The maximum Gasteiger partial charge on any atom is 0.198 e. The summed E-state index contributed by atoms with van der Waals surface area (Å²) in [5, 5.41) is 3.27. The number of alkyl halides is 1. The number of imidazole rings is 1. The molecule has 0 aliphatic carbocycles. The lowest BCUT2D eigenvalue weighted by molar-refractivity contribution is -0.0307. The molecule has 0 aromatic carbocycles. The molecular formula is C10H12Cl2N4O. The van der Waals surface area contributed by atoms with E-state index in [1.54, 1.807) is 6.33 Å². The van der Waals surface area contributed by atoms with E-state index in [0.29, 0.717) is 5.69 Å². The van der Waals surface area contributed by atoms with Crippen LogP contribution in [0.25, 0.3) is 0 Å². The third-order valence-electron chi connectivity index (χ3n) is 2.96. The summed E-state index contributed by atoms with van der Waals surface area (Å²) in [4.78, 5) is 8.27. The van der Waals surface area contributed by atoms with Crippen molar-refractivity contribution < 1.29 is 4.74 Å². The van der Waals surface area contributed by atoms with Crippen molar-refractivity contribution in [1.82, 2.24) is 9.55 Å². The Morgan fingerprint density at radius 2 is 2.35 bits per heavy atom. The summed E-state index contributed by atoms with van der Waals surface area (Å²) in [6.07, 6.45) is 4.99. The lowest BCUT2D eigenvalue weighted by Crippen LogP contribution is -2.22. The van der Waals surface area contributed by atoms with Gasteiger partial charge in [-0.25, -0.2) is 9.98 Å². The second kappa shape index (κ2) is 4.48. The Bertz CT molecular complexity index is 453. The van der Waals surface area contributed by atoms with Crippen LogP contribution >= 0.6 is 23.2 Å². The quantitative estimate of drug-likeness (QED) is 0.633. The third kappa shape index (κ3) is 2.03. The number of nitrogens with zero attached hydrogens (tertiary/aromatic N) is 3. The van der Waals surface area contributed by atoms with Gasteiger partial charge < -0.3 is 10.1 Å². The van der Waals surface area contributed by atoms with Gasteiger partial charge in [-0.3, -0.25) is 4.57 Å². The van der Waals surface area contributed by atoms with Gasteiger partial charge in [0.15, 0.2) is 10.8 Å². The molecule has 17 heavy (non-hydrogen) atoms. The largest absolute Gasteiger partial charge is 0.358 e. The highest BCUT2D eigenvalue weighted by atomic mass is 35.5. The van der Waals surface area contributed by atoms with E-state index in [1.807, 2.05) is 4.57 Å². The molecule has 0 saturated carbocycles. The number of nitrogens with one attached hydrogen (secondary N) is 1. The number of rotatable bonds is 1. The summed E-state index contributed by atoms with van der Waals surface area (Å²) in [6, 6.07) is 0. The standard InChI is InChI=1S/C10H12Cl2N4O/c11-8-7-9(15-10(12)14-8)16(5-13-7)6-3-1-2-4-17-6/h5-6,8H,1-4H2,(H,14,15). The summed E-state index contributed by atoms with van der Waals surface area (Å²) < 4.78 is 7.66. The zero-order valence-corrected chi connectivity index (χ0v) is 10.6. The van der Waals surface area contributed by atoms with Gasteiger partial charge in [0.1, 0.15) is 17.7 Å². The minimum Gasteiger partial charge on any atom is -0.358 e. The average molecular weight is 275 g/mol. The lowest BCUT2D eigenvalue weighted by atomic mass is 10.2. The SMILES string of the molecule is ClC1=NC(Cl)c2ncn(C3CCCCO3)c2N1. The van der Waals surface area contributed by atoms with E-state index in [4.69, 9.17) is 27.9 Å². The smallest absolute Gasteiger partial charge is 0.198 e. The van der Waals surface area contributed by atoms with Crippen molar-refractivity contribution in [2.24, 2.45) is 4.99 Å². The van der Waals surface area contributed by atoms with Crippen molar-refractivity contribution in [3.8, 4) is 0 Å². The van der Waals surface area contributed by atoms with Crippen LogP contribution in [0.3, 0.4) is 0 Å². The highest BCUT2D eigenvalue weighted by Crippen LogP contribution is 2.35. The molecule has 2 aliphatic heterocycles. The Morgan fingerprint density at radius 1 is 1.47 bits per heavy atom. The van der Waals surface area contributed by atoms with Crippen LogP contribution in [0, 0.1) is 0 Å². The number of hydrogen-bond acceptors (Lipinski definition) is 4. The van der Waals surface area contributed by atoms with Crippen molar-refractivity contribution in [1.29, 1.82) is 0 Å². The monoisotopic (exact) mass is 274 g/mol. The number of aliphatic imine (C=N–C) groups is 1. The second-order valence-corrected chi connectivity index (χ2v) is 4.86. The maximum atomic E-state index is 6.07. The molecule has 3 rings (SSSR count). The van der Waals surface area contributed by atoms with E-state index in [0.717, 1.165) is 31.7 Å². The van der Waals surface area contributed by atoms with Crippen LogP contribution in [0.4, 0.5) is 5.82 Å².